The molecule has 2 bridgehead atoms. The number of nitrogens with one attached hydrogen (secondary N) is 1. The molecule has 8 heteroatoms. The molecular formula is C20H24FN5O2. The molecule has 148 valence electrons. The summed E-state index contributed by atoms with van der Waals surface area (Å²) in [5.41, 5.74) is 1.27. The van der Waals surface area contributed by atoms with Crippen LogP contribution in [0.5, 0.6) is 0 Å². The molecular weight excluding hydrogens is 361 g/mol. The minimum Gasteiger partial charge on any atom is -0.352 e. The predicted molar refractivity (Wildman–Crippen MR) is 99.8 cm³/mol. The summed E-state index contributed by atoms with van der Waals surface area (Å²) >= 11 is 0. The second-order valence-corrected chi connectivity index (χ2v) is 7.77. The summed E-state index contributed by atoms with van der Waals surface area (Å²) in [5, 5.41) is 11.0. The molecule has 4 heterocycles. The van der Waals surface area contributed by atoms with E-state index in [0.29, 0.717) is 30.7 Å². The summed E-state index contributed by atoms with van der Waals surface area (Å²) in [6, 6.07) is 6.50. The largest absolute Gasteiger partial charge is 0.352 e. The Labute approximate surface area is 162 Å². The number of benzene rings is 1. The van der Waals surface area contributed by atoms with Crippen molar-refractivity contribution in [3.8, 4) is 0 Å². The van der Waals surface area contributed by atoms with Crippen molar-refractivity contribution in [3.05, 3.63) is 47.5 Å². The van der Waals surface area contributed by atoms with Crippen molar-refractivity contribution in [3.63, 3.8) is 0 Å². The van der Waals surface area contributed by atoms with Gasteiger partial charge in [-0.1, -0.05) is 17.3 Å². The van der Waals surface area contributed by atoms with Crippen LogP contribution in [0, 0.1) is 17.7 Å². The summed E-state index contributed by atoms with van der Waals surface area (Å²) in [6.07, 6.45) is 3.64. The van der Waals surface area contributed by atoms with Gasteiger partial charge in [0.1, 0.15) is 11.5 Å². The fourth-order valence-corrected chi connectivity index (χ4v) is 4.31. The lowest BCUT2D eigenvalue weighted by Gasteiger charge is -2.49. The highest BCUT2D eigenvalue weighted by molar-refractivity contribution is 5.91. The van der Waals surface area contributed by atoms with Gasteiger partial charge in [-0.3, -0.25) is 19.2 Å². The van der Waals surface area contributed by atoms with Crippen molar-refractivity contribution in [2.45, 2.75) is 38.9 Å². The van der Waals surface area contributed by atoms with Gasteiger partial charge in [0, 0.05) is 26.1 Å². The zero-order valence-electron chi connectivity index (χ0n) is 15.8. The van der Waals surface area contributed by atoms with Gasteiger partial charge in [-0.2, -0.15) is 0 Å². The number of hydrogen-bond acceptors (Lipinski definition) is 5. The van der Waals surface area contributed by atoms with Crippen molar-refractivity contribution >= 4 is 11.7 Å². The zero-order valence-corrected chi connectivity index (χ0v) is 15.8. The molecule has 1 aromatic carbocycles. The third-order valence-corrected chi connectivity index (χ3v) is 5.89. The van der Waals surface area contributed by atoms with E-state index in [0.717, 1.165) is 31.5 Å². The number of rotatable bonds is 6. The summed E-state index contributed by atoms with van der Waals surface area (Å²) in [6.45, 7) is 4.29. The molecule has 0 radical (unpaired) electrons. The summed E-state index contributed by atoms with van der Waals surface area (Å²) in [4.78, 5) is 26.4. The summed E-state index contributed by atoms with van der Waals surface area (Å²) in [5.74, 6) is 0.0287. The van der Waals surface area contributed by atoms with E-state index in [1.807, 2.05) is 0 Å². The van der Waals surface area contributed by atoms with Crippen molar-refractivity contribution in [2.24, 2.45) is 11.8 Å². The third-order valence-electron chi connectivity index (χ3n) is 5.89. The average Bonchev–Trinajstić information content (AvgIpc) is 3.17. The standard InChI is InChI=1S/C20H24FN5O2/c1-13(27)19-12-26(24-23-19)10-17-8-15-6-7-25(17)11-18(15)20(28)22-9-14-2-4-16(21)5-3-14/h2-5,12,15,17-18H,6-11H2,1H3,(H,22,28)/t15-,17-,18+/m1/s1. The lowest BCUT2D eigenvalue weighted by molar-refractivity contribution is -0.133. The number of Topliss-reactive ketones (excluding diaryl/α,β-unsaturated/α-hetero) is 1. The predicted octanol–water partition coefficient (Wildman–Crippen LogP) is 1.65. The highest BCUT2D eigenvalue weighted by atomic mass is 19.1. The number of piperidine rings is 3. The van der Waals surface area contributed by atoms with Crippen LogP contribution < -0.4 is 5.32 Å². The van der Waals surface area contributed by atoms with Crippen LogP contribution in [-0.2, 0) is 17.9 Å². The molecule has 3 aliphatic heterocycles. The maximum atomic E-state index is 13.0. The SMILES string of the molecule is CC(=O)c1cn(C[C@H]2C[C@H]3CCN2C[C@@H]3C(=O)NCc2ccc(F)cc2)nn1. The van der Waals surface area contributed by atoms with E-state index in [1.54, 1.807) is 23.0 Å². The van der Waals surface area contributed by atoms with E-state index in [1.165, 1.54) is 19.1 Å². The van der Waals surface area contributed by atoms with Crippen LogP contribution in [0.4, 0.5) is 4.39 Å². The first kappa shape index (κ1) is 18.7. The first-order valence-corrected chi connectivity index (χ1v) is 9.67. The van der Waals surface area contributed by atoms with Gasteiger partial charge in [-0.15, -0.1) is 5.10 Å². The molecule has 3 aliphatic rings. The summed E-state index contributed by atoms with van der Waals surface area (Å²) < 4.78 is 14.7. The van der Waals surface area contributed by atoms with Gasteiger partial charge in [0.25, 0.3) is 0 Å². The summed E-state index contributed by atoms with van der Waals surface area (Å²) in [7, 11) is 0. The van der Waals surface area contributed by atoms with Crippen LogP contribution in [0.2, 0.25) is 0 Å². The Morgan fingerprint density at radius 2 is 2.07 bits per heavy atom. The maximum absolute atomic E-state index is 13.0. The monoisotopic (exact) mass is 385 g/mol. The Morgan fingerprint density at radius 3 is 2.71 bits per heavy atom. The first-order chi connectivity index (χ1) is 13.5. The fourth-order valence-electron chi connectivity index (χ4n) is 4.31. The second kappa shape index (κ2) is 7.79. The van der Waals surface area contributed by atoms with E-state index in [9.17, 15) is 14.0 Å². The lowest BCUT2D eigenvalue weighted by Crippen LogP contribution is -2.58. The smallest absolute Gasteiger partial charge is 0.224 e. The number of amides is 1. The molecule has 0 spiro atoms. The molecule has 0 aliphatic carbocycles. The van der Waals surface area contributed by atoms with Gasteiger partial charge >= 0.3 is 0 Å². The molecule has 1 N–H and O–H groups in total. The zero-order chi connectivity index (χ0) is 19.7. The Balaban J connectivity index is 1.33. The molecule has 2 aromatic rings. The Hall–Kier alpha value is -2.61. The van der Waals surface area contributed by atoms with Crippen molar-refractivity contribution in [2.75, 3.05) is 13.1 Å². The molecule has 3 fully saturated rings. The van der Waals surface area contributed by atoms with E-state index >= 15 is 0 Å². The molecule has 1 aromatic heterocycles. The normalized spacial score (nSPS) is 26.2. The quantitative estimate of drug-likeness (QED) is 0.765. The minimum atomic E-state index is -0.277. The lowest BCUT2D eigenvalue weighted by atomic mass is 9.75. The number of fused-ring (bicyclic) bond motifs is 3. The Morgan fingerprint density at radius 1 is 1.29 bits per heavy atom. The van der Waals surface area contributed by atoms with E-state index < -0.39 is 0 Å². The number of nitrogens with zero attached hydrogens (tertiary/aromatic N) is 4. The van der Waals surface area contributed by atoms with Gasteiger partial charge in [-0.25, -0.2) is 4.39 Å². The highest BCUT2D eigenvalue weighted by Crippen LogP contribution is 2.37. The molecule has 1 amide bonds. The number of halogens is 1. The second-order valence-electron chi connectivity index (χ2n) is 7.77. The third kappa shape index (κ3) is 3.96. The Bertz CT molecular complexity index is 866. The van der Waals surface area contributed by atoms with E-state index in [-0.39, 0.29) is 23.4 Å². The topological polar surface area (TPSA) is 80.1 Å². The molecule has 3 saturated heterocycles. The van der Waals surface area contributed by atoms with Gasteiger partial charge in [-0.05, 0) is 43.0 Å². The van der Waals surface area contributed by atoms with E-state index in [4.69, 9.17) is 0 Å². The minimum absolute atomic E-state index is 0.0195. The van der Waals surface area contributed by atoms with Crippen LogP contribution in [0.3, 0.4) is 0 Å². The van der Waals surface area contributed by atoms with Gasteiger partial charge < -0.3 is 5.32 Å². The van der Waals surface area contributed by atoms with Crippen LogP contribution >= 0.6 is 0 Å². The highest BCUT2D eigenvalue weighted by Gasteiger charge is 2.43. The van der Waals surface area contributed by atoms with Gasteiger partial charge in [0.2, 0.25) is 5.91 Å². The van der Waals surface area contributed by atoms with Crippen LogP contribution in [0.15, 0.2) is 30.5 Å². The van der Waals surface area contributed by atoms with Crippen molar-refractivity contribution < 1.29 is 14.0 Å². The Kier molecular flexibility index (Phi) is 5.21. The molecule has 5 rings (SSSR count). The molecule has 28 heavy (non-hydrogen) atoms. The van der Waals surface area contributed by atoms with Crippen molar-refractivity contribution in [1.82, 2.24) is 25.2 Å². The number of carbonyl (C=O) groups is 2. The number of carbonyl (C=O) groups excluding carboxylic acids is 2. The van der Waals surface area contributed by atoms with Gasteiger partial charge in [0.05, 0.1) is 18.7 Å². The van der Waals surface area contributed by atoms with Crippen LogP contribution in [0.25, 0.3) is 0 Å². The number of ketones is 1. The maximum Gasteiger partial charge on any atom is 0.224 e. The first-order valence-electron chi connectivity index (χ1n) is 9.67. The van der Waals surface area contributed by atoms with Gasteiger partial charge in [0.15, 0.2) is 5.78 Å². The average molecular weight is 385 g/mol. The molecule has 0 saturated carbocycles. The number of hydrogen-bond donors (Lipinski definition) is 1. The molecule has 4 atom stereocenters. The molecule has 1 unspecified atom stereocenters. The van der Waals surface area contributed by atoms with Crippen LogP contribution in [0.1, 0.15) is 35.8 Å². The van der Waals surface area contributed by atoms with Crippen molar-refractivity contribution in [1.29, 1.82) is 0 Å². The van der Waals surface area contributed by atoms with E-state index in [2.05, 4.69) is 20.5 Å². The van der Waals surface area contributed by atoms with Crippen LogP contribution in [-0.4, -0.2) is 50.7 Å². The fraction of sp³-hybridized carbons (Fsp3) is 0.500. The molecule has 7 nitrogen and oxygen atoms in total. The number of aromatic nitrogens is 3.